The largest absolute Gasteiger partial charge is 0.355 e. The molecule has 1 nitrogen and oxygen atoms in total. The monoisotopic (exact) mass is 477 g/mol. The number of rotatable bonds is 3. The summed E-state index contributed by atoms with van der Waals surface area (Å²) in [5.74, 6) is 0. The Bertz CT molecular complexity index is 1690. The molecule has 5 aromatic rings. The lowest BCUT2D eigenvalue weighted by Crippen LogP contribution is -2.17. The van der Waals surface area contributed by atoms with E-state index in [4.69, 9.17) is 0 Å². The number of benzene rings is 5. The lowest BCUT2D eigenvalue weighted by atomic mass is 9.81. The van der Waals surface area contributed by atoms with Crippen molar-refractivity contribution in [2.75, 3.05) is 5.32 Å². The lowest BCUT2D eigenvalue weighted by Gasteiger charge is -2.25. The Kier molecular flexibility index (Phi) is 4.60. The predicted octanol–water partition coefficient (Wildman–Crippen LogP) is 9.71. The van der Waals surface area contributed by atoms with E-state index in [9.17, 15) is 0 Å². The van der Waals surface area contributed by atoms with Crippen LogP contribution < -0.4 is 5.32 Å². The fraction of sp³-hybridized carbons (Fsp3) is 0.167. The van der Waals surface area contributed by atoms with Crippen molar-refractivity contribution in [1.29, 1.82) is 0 Å². The van der Waals surface area contributed by atoms with Crippen LogP contribution in [0.2, 0.25) is 0 Å². The highest BCUT2D eigenvalue weighted by Gasteiger charge is 2.38. The molecule has 0 fully saturated rings. The summed E-state index contributed by atoms with van der Waals surface area (Å²) < 4.78 is 0. The van der Waals surface area contributed by atoms with Crippen LogP contribution in [0.4, 0.5) is 11.4 Å². The van der Waals surface area contributed by atoms with Crippen LogP contribution in [0.25, 0.3) is 33.4 Å². The zero-order valence-corrected chi connectivity index (χ0v) is 21.9. The molecule has 2 aliphatic carbocycles. The van der Waals surface area contributed by atoms with Crippen molar-refractivity contribution in [2.24, 2.45) is 0 Å². The van der Waals surface area contributed by atoms with Crippen molar-refractivity contribution >= 4 is 11.4 Å². The van der Waals surface area contributed by atoms with Crippen molar-refractivity contribution in [1.82, 2.24) is 0 Å². The van der Waals surface area contributed by atoms with Crippen molar-refractivity contribution < 1.29 is 0 Å². The van der Waals surface area contributed by atoms with Crippen LogP contribution in [0.3, 0.4) is 0 Å². The first kappa shape index (κ1) is 22.1. The Balaban J connectivity index is 1.30. The smallest absolute Gasteiger partial charge is 0.0431 e. The maximum atomic E-state index is 3.82. The molecule has 0 radical (unpaired) electrons. The van der Waals surface area contributed by atoms with Gasteiger partial charge in [0.25, 0.3) is 0 Å². The molecule has 0 saturated carbocycles. The minimum absolute atomic E-state index is 0.0361. The third-order valence-corrected chi connectivity index (χ3v) is 8.64. The van der Waals surface area contributed by atoms with Crippen LogP contribution in [-0.4, -0.2) is 0 Å². The third kappa shape index (κ3) is 3.17. The number of nitrogens with one attached hydrogen (secondary N) is 1. The van der Waals surface area contributed by atoms with E-state index in [0.29, 0.717) is 0 Å². The first-order valence-electron chi connectivity index (χ1n) is 13.2. The summed E-state index contributed by atoms with van der Waals surface area (Å²) in [4.78, 5) is 0. The van der Waals surface area contributed by atoms with Crippen molar-refractivity contribution in [2.45, 2.75) is 38.5 Å². The van der Waals surface area contributed by atoms with Crippen molar-refractivity contribution in [3.8, 4) is 33.4 Å². The maximum absolute atomic E-state index is 3.82. The van der Waals surface area contributed by atoms with Crippen LogP contribution in [-0.2, 0) is 10.8 Å². The van der Waals surface area contributed by atoms with Gasteiger partial charge in [-0.1, -0.05) is 113 Å². The predicted molar refractivity (Wildman–Crippen MR) is 157 cm³/mol. The maximum Gasteiger partial charge on any atom is 0.0431 e. The van der Waals surface area contributed by atoms with Gasteiger partial charge in [-0.05, 0) is 79.9 Å². The highest BCUT2D eigenvalue weighted by Crippen LogP contribution is 2.53. The summed E-state index contributed by atoms with van der Waals surface area (Å²) >= 11 is 0. The molecule has 2 aliphatic rings. The molecule has 0 aromatic heterocycles. The summed E-state index contributed by atoms with van der Waals surface area (Å²) in [7, 11) is 0. The Labute approximate surface area is 219 Å². The molecule has 0 unspecified atom stereocenters. The number of hydrogen-bond donors (Lipinski definition) is 1. The standard InChI is InChI=1S/C36H31N/c1-35(2)31-20-18-25(22-29(31)27-19-17-24(21-32(27)35)23-11-6-5-7-12-23)37-33-16-10-14-28-26-13-8-9-15-30(26)36(3,4)34(28)33/h5-22,37H,1-4H3. The fourth-order valence-corrected chi connectivity index (χ4v) is 6.75. The van der Waals surface area contributed by atoms with Gasteiger partial charge in [0, 0.05) is 22.2 Å². The van der Waals surface area contributed by atoms with E-state index in [-0.39, 0.29) is 10.8 Å². The van der Waals surface area contributed by atoms with Gasteiger partial charge in [0.15, 0.2) is 0 Å². The quantitative estimate of drug-likeness (QED) is 0.273. The number of anilines is 2. The molecule has 5 aromatic carbocycles. The molecule has 7 rings (SSSR count). The Morgan fingerprint density at radius 2 is 1.16 bits per heavy atom. The van der Waals surface area contributed by atoms with Crippen LogP contribution in [0.1, 0.15) is 49.9 Å². The Morgan fingerprint density at radius 3 is 2.00 bits per heavy atom. The molecule has 1 N–H and O–H groups in total. The molecule has 0 spiro atoms. The summed E-state index contributed by atoms with van der Waals surface area (Å²) in [5.41, 5.74) is 15.7. The minimum Gasteiger partial charge on any atom is -0.355 e. The minimum atomic E-state index is -0.0469. The van der Waals surface area contributed by atoms with Gasteiger partial charge in [-0.25, -0.2) is 0 Å². The second kappa shape index (κ2) is 7.70. The molecule has 37 heavy (non-hydrogen) atoms. The van der Waals surface area contributed by atoms with Gasteiger partial charge < -0.3 is 5.32 Å². The molecule has 0 aliphatic heterocycles. The van der Waals surface area contributed by atoms with Crippen LogP contribution in [0.15, 0.2) is 109 Å². The van der Waals surface area contributed by atoms with E-state index in [1.165, 1.54) is 61.3 Å². The van der Waals surface area contributed by atoms with E-state index in [0.717, 1.165) is 5.69 Å². The Hall–Kier alpha value is -4.10. The molecule has 1 heteroatoms. The third-order valence-electron chi connectivity index (χ3n) is 8.64. The normalized spacial score (nSPS) is 15.5. The molecule has 0 heterocycles. The van der Waals surface area contributed by atoms with Gasteiger partial charge in [-0.2, -0.15) is 0 Å². The lowest BCUT2D eigenvalue weighted by molar-refractivity contribution is 0.660. The van der Waals surface area contributed by atoms with Gasteiger partial charge in [0.05, 0.1) is 0 Å². The summed E-state index contributed by atoms with van der Waals surface area (Å²) in [6, 6.07) is 40.1. The molecule has 180 valence electrons. The average Bonchev–Trinajstić information content (AvgIpc) is 3.29. The molecule has 0 saturated heterocycles. The molecular weight excluding hydrogens is 446 g/mol. The van der Waals surface area contributed by atoms with Crippen molar-refractivity contribution in [3.05, 3.63) is 131 Å². The van der Waals surface area contributed by atoms with Crippen LogP contribution >= 0.6 is 0 Å². The van der Waals surface area contributed by atoms with Gasteiger partial charge >= 0.3 is 0 Å². The highest BCUT2D eigenvalue weighted by molar-refractivity contribution is 5.89. The van der Waals surface area contributed by atoms with Gasteiger partial charge in [0.2, 0.25) is 0 Å². The first-order valence-corrected chi connectivity index (χ1v) is 13.2. The van der Waals surface area contributed by atoms with Crippen LogP contribution in [0, 0.1) is 0 Å². The molecular formula is C36H31N. The highest BCUT2D eigenvalue weighted by atomic mass is 14.9. The zero-order chi connectivity index (χ0) is 25.4. The zero-order valence-electron chi connectivity index (χ0n) is 21.9. The topological polar surface area (TPSA) is 12.0 Å². The van der Waals surface area contributed by atoms with E-state index in [1.807, 2.05) is 0 Å². The summed E-state index contributed by atoms with van der Waals surface area (Å²) in [6.45, 7) is 9.38. The van der Waals surface area contributed by atoms with Crippen molar-refractivity contribution in [3.63, 3.8) is 0 Å². The van der Waals surface area contributed by atoms with Gasteiger partial charge in [0.1, 0.15) is 0 Å². The van der Waals surface area contributed by atoms with E-state index in [1.54, 1.807) is 0 Å². The fourth-order valence-electron chi connectivity index (χ4n) is 6.75. The van der Waals surface area contributed by atoms with Gasteiger partial charge in [-0.3, -0.25) is 0 Å². The first-order chi connectivity index (χ1) is 17.9. The van der Waals surface area contributed by atoms with E-state index >= 15 is 0 Å². The van der Waals surface area contributed by atoms with Gasteiger partial charge in [-0.15, -0.1) is 0 Å². The van der Waals surface area contributed by atoms with E-state index < -0.39 is 0 Å². The molecule has 0 bridgehead atoms. The van der Waals surface area contributed by atoms with Crippen LogP contribution in [0.5, 0.6) is 0 Å². The second-order valence-electron chi connectivity index (χ2n) is 11.5. The number of fused-ring (bicyclic) bond motifs is 6. The molecule has 0 atom stereocenters. The average molecular weight is 478 g/mol. The SMILES string of the molecule is CC1(C)c2ccc(Nc3cccc4c3C(C)(C)c3ccccc3-4)cc2-c2ccc(-c3ccccc3)cc21. The molecule has 0 amide bonds. The Morgan fingerprint density at radius 1 is 0.459 bits per heavy atom. The number of hydrogen-bond acceptors (Lipinski definition) is 1. The summed E-state index contributed by atoms with van der Waals surface area (Å²) in [6.07, 6.45) is 0. The van der Waals surface area contributed by atoms with E-state index in [2.05, 4.69) is 142 Å². The second-order valence-corrected chi connectivity index (χ2v) is 11.5. The summed E-state index contributed by atoms with van der Waals surface area (Å²) in [5, 5.41) is 3.82.